The van der Waals surface area contributed by atoms with E-state index in [1.54, 1.807) is 6.07 Å². The maximum atomic E-state index is 12.4. The predicted octanol–water partition coefficient (Wildman–Crippen LogP) is 3.70. The fourth-order valence-corrected chi connectivity index (χ4v) is 3.14. The fraction of sp³-hybridized carbons (Fsp3) is 0.250. The molecule has 3 rings (SSSR count). The van der Waals surface area contributed by atoms with E-state index in [1.807, 2.05) is 54.6 Å². The molecule has 3 aromatic rings. The maximum Gasteiger partial charge on any atom is 0.255 e. The summed E-state index contributed by atoms with van der Waals surface area (Å²) in [5, 5.41) is 8.39. The van der Waals surface area contributed by atoms with Crippen molar-refractivity contribution < 1.29 is 14.3 Å². The van der Waals surface area contributed by atoms with Gasteiger partial charge in [-0.15, -0.1) is 0 Å². The van der Waals surface area contributed by atoms with Crippen LogP contribution in [0.1, 0.15) is 29.8 Å². The smallest absolute Gasteiger partial charge is 0.255 e. The molecule has 0 aromatic heterocycles. The average Bonchev–Trinajstić information content (AvgIpc) is 2.74. The number of carbonyl (C=O) groups is 2. The zero-order valence-corrected chi connectivity index (χ0v) is 17.3. The summed E-state index contributed by atoms with van der Waals surface area (Å²) >= 11 is 0. The molecule has 0 radical (unpaired) electrons. The highest BCUT2D eigenvalue weighted by Gasteiger charge is 2.11. The summed E-state index contributed by atoms with van der Waals surface area (Å²) in [6.07, 6.45) is 0. The number of carbonyl (C=O) groups excluding carboxylic acids is 2. The summed E-state index contributed by atoms with van der Waals surface area (Å²) in [6.45, 7) is 5.02. The van der Waals surface area contributed by atoms with Crippen molar-refractivity contribution in [2.75, 3.05) is 18.5 Å². The van der Waals surface area contributed by atoms with Crippen LogP contribution in [-0.2, 0) is 11.3 Å². The van der Waals surface area contributed by atoms with Crippen LogP contribution >= 0.6 is 0 Å². The van der Waals surface area contributed by atoms with Gasteiger partial charge in [0.15, 0.2) is 6.61 Å². The Morgan fingerprint density at radius 1 is 1.03 bits per heavy atom. The first-order chi connectivity index (χ1) is 14.4. The van der Waals surface area contributed by atoms with Crippen molar-refractivity contribution in [3.63, 3.8) is 0 Å². The molecule has 30 heavy (non-hydrogen) atoms. The molecule has 0 fully saturated rings. The number of benzene rings is 3. The molecule has 0 heterocycles. The second-order valence-corrected chi connectivity index (χ2v) is 7.56. The Hall–Kier alpha value is -3.54. The van der Waals surface area contributed by atoms with E-state index in [0.29, 0.717) is 30.3 Å². The number of fused-ring (bicyclic) bond motifs is 1. The lowest BCUT2D eigenvalue weighted by Crippen LogP contribution is -2.27. The molecule has 0 unspecified atom stereocenters. The summed E-state index contributed by atoms with van der Waals surface area (Å²) < 4.78 is 5.63. The van der Waals surface area contributed by atoms with Gasteiger partial charge in [0, 0.05) is 29.9 Å². The maximum absolute atomic E-state index is 12.4. The standard InChI is InChI=1S/C24H27N3O3/c1-16(2)13-27-24(29)18-7-5-8-19(12-18)26-14-21-20-9-4-3-6-17(20)10-11-22(21)30-15-23(25)28/h3-12,16,26H,13-15H2,1-2H3,(H2,25,28)(H,27,29). The van der Waals surface area contributed by atoms with Crippen molar-refractivity contribution in [3.05, 3.63) is 71.8 Å². The van der Waals surface area contributed by atoms with Crippen molar-refractivity contribution in [1.29, 1.82) is 0 Å². The Morgan fingerprint density at radius 2 is 1.83 bits per heavy atom. The molecule has 0 aliphatic carbocycles. The minimum Gasteiger partial charge on any atom is -0.483 e. The van der Waals surface area contributed by atoms with Crippen LogP contribution in [0.2, 0.25) is 0 Å². The number of anilines is 1. The van der Waals surface area contributed by atoms with E-state index in [-0.39, 0.29) is 12.5 Å². The van der Waals surface area contributed by atoms with Gasteiger partial charge in [-0.3, -0.25) is 9.59 Å². The lowest BCUT2D eigenvalue weighted by molar-refractivity contribution is -0.119. The Kier molecular flexibility index (Phi) is 6.91. The third-order valence-corrected chi connectivity index (χ3v) is 4.63. The van der Waals surface area contributed by atoms with Crippen LogP contribution in [0.25, 0.3) is 10.8 Å². The molecule has 6 heteroatoms. The normalized spacial score (nSPS) is 10.8. The van der Waals surface area contributed by atoms with E-state index >= 15 is 0 Å². The van der Waals surface area contributed by atoms with Gasteiger partial charge in [-0.1, -0.05) is 50.2 Å². The largest absolute Gasteiger partial charge is 0.483 e. The molecule has 0 atom stereocenters. The number of nitrogens with one attached hydrogen (secondary N) is 2. The molecule has 156 valence electrons. The fourth-order valence-electron chi connectivity index (χ4n) is 3.14. The average molecular weight is 405 g/mol. The second kappa shape index (κ2) is 9.78. The van der Waals surface area contributed by atoms with E-state index in [1.165, 1.54) is 0 Å². The minimum atomic E-state index is -0.526. The van der Waals surface area contributed by atoms with Gasteiger partial charge in [0.05, 0.1) is 0 Å². The molecule has 3 aromatic carbocycles. The van der Waals surface area contributed by atoms with Gasteiger partial charge in [-0.25, -0.2) is 0 Å². The van der Waals surface area contributed by atoms with Gasteiger partial charge in [0.25, 0.3) is 11.8 Å². The number of hydrogen-bond acceptors (Lipinski definition) is 4. The Balaban J connectivity index is 1.81. The number of nitrogens with two attached hydrogens (primary N) is 1. The minimum absolute atomic E-state index is 0.0945. The summed E-state index contributed by atoms with van der Waals surface area (Å²) in [7, 11) is 0. The van der Waals surface area contributed by atoms with Crippen molar-refractivity contribution in [2.24, 2.45) is 11.7 Å². The Morgan fingerprint density at radius 3 is 2.60 bits per heavy atom. The van der Waals surface area contributed by atoms with E-state index in [9.17, 15) is 9.59 Å². The summed E-state index contributed by atoms with van der Waals surface area (Å²) in [6, 6.07) is 19.1. The topological polar surface area (TPSA) is 93.4 Å². The Bertz CT molecular complexity index is 1050. The molecule has 4 N–H and O–H groups in total. The van der Waals surface area contributed by atoms with Gasteiger partial charge < -0.3 is 21.1 Å². The molecule has 6 nitrogen and oxygen atoms in total. The number of amides is 2. The highest BCUT2D eigenvalue weighted by molar-refractivity contribution is 5.95. The monoisotopic (exact) mass is 405 g/mol. The lowest BCUT2D eigenvalue weighted by atomic mass is 10.0. The van der Waals surface area contributed by atoms with Crippen LogP contribution in [0.5, 0.6) is 5.75 Å². The molecule has 0 aliphatic heterocycles. The van der Waals surface area contributed by atoms with Gasteiger partial charge in [-0.2, -0.15) is 0 Å². The molecular weight excluding hydrogens is 378 g/mol. The molecule has 0 aliphatic rings. The molecule has 0 bridgehead atoms. The van der Waals surface area contributed by atoms with Gasteiger partial charge in [0.2, 0.25) is 0 Å². The molecule has 0 spiro atoms. The van der Waals surface area contributed by atoms with Crippen molar-refractivity contribution in [2.45, 2.75) is 20.4 Å². The third-order valence-electron chi connectivity index (χ3n) is 4.63. The Labute approximate surface area is 176 Å². The molecular formula is C24H27N3O3. The predicted molar refractivity (Wildman–Crippen MR) is 120 cm³/mol. The van der Waals surface area contributed by atoms with Crippen LogP contribution in [0, 0.1) is 5.92 Å². The molecule has 2 amide bonds. The van der Waals surface area contributed by atoms with Gasteiger partial charge in [-0.05, 0) is 41.0 Å². The number of ether oxygens (including phenoxy) is 1. The summed E-state index contributed by atoms with van der Waals surface area (Å²) in [5.41, 5.74) is 7.58. The molecule has 0 saturated carbocycles. The van der Waals surface area contributed by atoms with E-state index < -0.39 is 5.91 Å². The van der Waals surface area contributed by atoms with Crippen molar-refractivity contribution >= 4 is 28.3 Å². The first kappa shape index (κ1) is 21.2. The van der Waals surface area contributed by atoms with Gasteiger partial charge >= 0.3 is 0 Å². The van der Waals surface area contributed by atoms with Crippen molar-refractivity contribution in [3.8, 4) is 5.75 Å². The summed E-state index contributed by atoms with van der Waals surface area (Å²) in [5.74, 6) is 0.372. The van der Waals surface area contributed by atoms with Crippen LogP contribution in [-0.4, -0.2) is 25.0 Å². The third kappa shape index (κ3) is 5.50. The number of primary amides is 1. The van der Waals surface area contributed by atoms with E-state index in [0.717, 1.165) is 22.0 Å². The van der Waals surface area contributed by atoms with Crippen LogP contribution < -0.4 is 21.1 Å². The van der Waals surface area contributed by atoms with E-state index in [4.69, 9.17) is 10.5 Å². The first-order valence-corrected chi connectivity index (χ1v) is 9.98. The van der Waals surface area contributed by atoms with Gasteiger partial charge in [0.1, 0.15) is 5.75 Å². The highest BCUT2D eigenvalue weighted by Crippen LogP contribution is 2.29. The van der Waals surface area contributed by atoms with E-state index in [2.05, 4.69) is 24.5 Å². The van der Waals surface area contributed by atoms with Crippen molar-refractivity contribution in [1.82, 2.24) is 5.32 Å². The zero-order chi connectivity index (χ0) is 21.5. The number of hydrogen-bond donors (Lipinski definition) is 3. The highest BCUT2D eigenvalue weighted by atomic mass is 16.5. The lowest BCUT2D eigenvalue weighted by Gasteiger charge is -2.15. The summed E-state index contributed by atoms with van der Waals surface area (Å²) in [4.78, 5) is 23.5. The SMILES string of the molecule is CC(C)CNC(=O)c1cccc(NCc2c(OCC(N)=O)ccc3ccccc23)c1. The number of rotatable bonds is 9. The quantitative estimate of drug-likeness (QED) is 0.506. The van der Waals surface area contributed by atoms with Crippen LogP contribution in [0.4, 0.5) is 5.69 Å². The first-order valence-electron chi connectivity index (χ1n) is 9.98. The zero-order valence-electron chi connectivity index (χ0n) is 17.3. The second-order valence-electron chi connectivity index (χ2n) is 7.56. The molecule has 0 saturated heterocycles. The van der Waals surface area contributed by atoms with Crippen LogP contribution in [0.3, 0.4) is 0 Å². The van der Waals surface area contributed by atoms with Crippen LogP contribution in [0.15, 0.2) is 60.7 Å².